The number of hydrogen-bond donors (Lipinski definition) is 2. The van der Waals surface area contributed by atoms with Gasteiger partial charge in [-0.3, -0.25) is 11.3 Å². The van der Waals surface area contributed by atoms with Crippen LogP contribution in [0.25, 0.3) is 0 Å². The van der Waals surface area contributed by atoms with Crippen molar-refractivity contribution in [3.05, 3.63) is 29.8 Å². The predicted octanol–water partition coefficient (Wildman–Crippen LogP) is 1.82. The van der Waals surface area contributed by atoms with Gasteiger partial charge in [0.1, 0.15) is 5.75 Å². The van der Waals surface area contributed by atoms with Crippen molar-refractivity contribution >= 4 is 11.8 Å². The Hall–Kier alpha value is -0.750. The molecule has 3 rings (SSSR count). The van der Waals surface area contributed by atoms with Gasteiger partial charge in [0.25, 0.3) is 0 Å². The van der Waals surface area contributed by atoms with Gasteiger partial charge in [0.05, 0.1) is 6.61 Å². The third kappa shape index (κ3) is 3.37. The van der Waals surface area contributed by atoms with E-state index >= 15 is 0 Å². The molecule has 116 valence electrons. The highest BCUT2D eigenvalue weighted by Gasteiger charge is 2.31. The molecule has 4 nitrogen and oxygen atoms in total. The van der Waals surface area contributed by atoms with E-state index < -0.39 is 0 Å². The van der Waals surface area contributed by atoms with Gasteiger partial charge in [0, 0.05) is 30.1 Å². The van der Waals surface area contributed by atoms with Crippen LogP contribution in [-0.4, -0.2) is 48.7 Å². The molecule has 1 fully saturated rings. The fourth-order valence-corrected chi connectivity index (χ4v) is 4.74. The molecule has 1 saturated heterocycles. The minimum Gasteiger partial charge on any atom is -0.493 e. The third-order valence-electron chi connectivity index (χ3n) is 4.74. The van der Waals surface area contributed by atoms with Crippen molar-refractivity contribution in [1.29, 1.82) is 0 Å². The van der Waals surface area contributed by atoms with E-state index in [-0.39, 0.29) is 0 Å². The summed E-state index contributed by atoms with van der Waals surface area (Å²) in [7, 11) is 2.21. The summed E-state index contributed by atoms with van der Waals surface area (Å²) < 4.78 is 5.77. The molecular weight excluding hydrogens is 282 g/mol. The number of nitrogens with two attached hydrogens (primary N) is 1. The van der Waals surface area contributed by atoms with Crippen LogP contribution in [0.4, 0.5) is 0 Å². The SMILES string of the molecule is CN1CCSCC1C(CC1CCOc2ccccc21)NN. The lowest BCUT2D eigenvalue weighted by atomic mass is 9.85. The lowest BCUT2D eigenvalue weighted by Crippen LogP contribution is -2.55. The number of rotatable bonds is 4. The second kappa shape index (κ2) is 7.01. The molecule has 2 aliphatic heterocycles. The Balaban J connectivity index is 1.72. The first-order valence-electron chi connectivity index (χ1n) is 7.75. The molecular formula is C16H25N3OS. The molecule has 0 saturated carbocycles. The highest BCUT2D eigenvalue weighted by molar-refractivity contribution is 7.99. The number of nitrogens with one attached hydrogen (secondary N) is 1. The Bertz CT molecular complexity index is 471. The van der Waals surface area contributed by atoms with Crippen LogP contribution in [0.1, 0.15) is 24.3 Å². The summed E-state index contributed by atoms with van der Waals surface area (Å²) in [6.07, 6.45) is 2.16. The summed E-state index contributed by atoms with van der Waals surface area (Å²) in [4.78, 5) is 2.45. The van der Waals surface area contributed by atoms with E-state index in [1.54, 1.807) is 0 Å². The van der Waals surface area contributed by atoms with Crippen LogP contribution < -0.4 is 16.0 Å². The van der Waals surface area contributed by atoms with Crippen LogP contribution in [0.3, 0.4) is 0 Å². The van der Waals surface area contributed by atoms with Crippen LogP contribution in [0.5, 0.6) is 5.75 Å². The van der Waals surface area contributed by atoms with E-state index in [0.29, 0.717) is 18.0 Å². The molecule has 3 unspecified atom stereocenters. The average Bonchev–Trinajstić information content (AvgIpc) is 2.53. The Morgan fingerprint density at radius 3 is 3.14 bits per heavy atom. The number of ether oxygens (including phenoxy) is 1. The molecule has 0 aromatic heterocycles. The van der Waals surface area contributed by atoms with Crippen molar-refractivity contribution in [3.8, 4) is 5.75 Å². The summed E-state index contributed by atoms with van der Waals surface area (Å²) >= 11 is 2.04. The van der Waals surface area contributed by atoms with Crippen LogP contribution >= 0.6 is 11.8 Å². The molecule has 0 amide bonds. The minimum absolute atomic E-state index is 0.332. The van der Waals surface area contributed by atoms with Gasteiger partial charge in [-0.15, -0.1) is 0 Å². The topological polar surface area (TPSA) is 50.5 Å². The number of nitrogens with zero attached hydrogens (tertiary/aromatic N) is 1. The van der Waals surface area contributed by atoms with Gasteiger partial charge in [0.15, 0.2) is 0 Å². The maximum atomic E-state index is 5.89. The highest BCUT2D eigenvalue weighted by Crippen LogP contribution is 2.37. The van der Waals surface area contributed by atoms with Crippen molar-refractivity contribution in [2.24, 2.45) is 5.84 Å². The van der Waals surface area contributed by atoms with Gasteiger partial charge in [-0.1, -0.05) is 18.2 Å². The number of thioether (sulfide) groups is 1. The van der Waals surface area contributed by atoms with Crippen molar-refractivity contribution in [2.75, 3.05) is 31.7 Å². The molecule has 3 atom stereocenters. The van der Waals surface area contributed by atoms with E-state index in [4.69, 9.17) is 10.6 Å². The molecule has 0 bridgehead atoms. The zero-order valence-electron chi connectivity index (χ0n) is 12.6. The molecule has 2 aliphatic rings. The lowest BCUT2D eigenvalue weighted by Gasteiger charge is -2.39. The van der Waals surface area contributed by atoms with Crippen molar-refractivity contribution in [3.63, 3.8) is 0 Å². The molecule has 0 radical (unpaired) electrons. The van der Waals surface area contributed by atoms with E-state index in [2.05, 4.69) is 35.6 Å². The number of likely N-dealkylation sites (N-methyl/N-ethyl adjacent to an activating group) is 1. The van der Waals surface area contributed by atoms with Gasteiger partial charge in [-0.25, -0.2) is 0 Å². The Morgan fingerprint density at radius 2 is 2.33 bits per heavy atom. The first-order chi connectivity index (χ1) is 10.3. The maximum Gasteiger partial charge on any atom is 0.122 e. The normalized spacial score (nSPS) is 27.7. The Morgan fingerprint density at radius 1 is 1.48 bits per heavy atom. The quantitative estimate of drug-likeness (QED) is 0.656. The second-order valence-corrected chi connectivity index (χ2v) is 7.15. The molecule has 1 aromatic rings. The monoisotopic (exact) mass is 307 g/mol. The van der Waals surface area contributed by atoms with Gasteiger partial charge < -0.3 is 9.64 Å². The standard InChI is InChI=1S/C16H25N3OS/c1-19-7-9-21-11-15(19)14(18-17)10-12-6-8-20-16-5-3-2-4-13(12)16/h2-5,12,14-15,18H,6-11,17H2,1H3. The van der Waals surface area contributed by atoms with Gasteiger partial charge in [0.2, 0.25) is 0 Å². The maximum absolute atomic E-state index is 5.89. The first-order valence-corrected chi connectivity index (χ1v) is 8.91. The summed E-state index contributed by atoms with van der Waals surface area (Å²) in [5, 5.41) is 0. The summed E-state index contributed by atoms with van der Waals surface area (Å²) in [6, 6.07) is 9.28. The molecule has 1 aromatic carbocycles. The average molecular weight is 307 g/mol. The van der Waals surface area contributed by atoms with E-state index in [1.165, 1.54) is 11.3 Å². The molecule has 5 heteroatoms. The van der Waals surface area contributed by atoms with Gasteiger partial charge in [-0.05, 0) is 37.4 Å². The summed E-state index contributed by atoms with van der Waals surface area (Å²) in [6.45, 7) is 1.96. The van der Waals surface area contributed by atoms with Crippen molar-refractivity contribution in [2.45, 2.75) is 30.8 Å². The zero-order chi connectivity index (χ0) is 14.7. The first kappa shape index (κ1) is 15.2. The van der Waals surface area contributed by atoms with Gasteiger partial charge >= 0.3 is 0 Å². The fraction of sp³-hybridized carbons (Fsp3) is 0.625. The molecule has 3 N–H and O–H groups in total. The van der Waals surface area contributed by atoms with Gasteiger partial charge in [-0.2, -0.15) is 11.8 Å². The Kier molecular flexibility index (Phi) is 5.06. The smallest absolute Gasteiger partial charge is 0.122 e. The fourth-order valence-electron chi connectivity index (χ4n) is 3.43. The largest absolute Gasteiger partial charge is 0.493 e. The van der Waals surface area contributed by atoms with Crippen molar-refractivity contribution < 1.29 is 4.74 Å². The minimum atomic E-state index is 0.332. The summed E-state index contributed by atoms with van der Waals surface area (Å²) in [5.41, 5.74) is 4.43. The van der Waals surface area contributed by atoms with Crippen LogP contribution in [0.15, 0.2) is 24.3 Å². The highest BCUT2D eigenvalue weighted by atomic mass is 32.2. The van der Waals surface area contributed by atoms with Crippen molar-refractivity contribution in [1.82, 2.24) is 10.3 Å². The predicted molar refractivity (Wildman–Crippen MR) is 88.8 cm³/mol. The third-order valence-corrected chi connectivity index (χ3v) is 5.79. The molecule has 0 spiro atoms. The lowest BCUT2D eigenvalue weighted by molar-refractivity contribution is 0.190. The number of benzene rings is 1. The number of hydrogen-bond acceptors (Lipinski definition) is 5. The summed E-state index contributed by atoms with van der Waals surface area (Å²) in [5.74, 6) is 9.87. The van der Waals surface area contributed by atoms with Crippen LogP contribution in [-0.2, 0) is 0 Å². The number of hydrazine groups is 1. The van der Waals surface area contributed by atoms with E-state index in [1.807, 2.05) is 17.8 Å². The second-order valence-electron chi connectivity index (χ2n) is 6.00. The molecule has 21 heavy (non-hydrogen) atoms. The molecule has 2 heterocycles. The van der Waals surface area contributed by atoms with Crippen LogP contribution in [0.2, 0.25) is 0 Å². The van der Waals surface area contributed by atoms with E-state index in [9.17, 15) is 0 Å². The molecule has 0 aliphatic carbocycles. The Labute approximate surface area is 131 Å². The number of para-hydroxylation sites is 1. The number of fused-ring (bicyclic) bond motifs is 1. The van der Waals surface area contributed by atoms with E-state index in [0.717, 1.165) is 37.5 Å². The zero-order valence-corrected chi connectivity index (χ0v) is 13.4. The van der Waals surface area contributed by atoms with Crippen LogP contribution in [0, 0.1) is 0 Å².